The fraction of sp³-hybridized carbons (Fsp3) is 0.579. The summed E-state index contributed by atoms with van der Waals surface area (Å²) in [6, 6.07) is 9.66. The summed E-state index contributed by atoms with van der Waals surface area (Å²) in [7, 11) is 0. The van der Waals surface area contributed by atoms with Crippen molar-refractivity contribution >= 4 is 11.7 Å². The van der Waals surface area contributed by atoms with Crippen molar-refractivity contribution in [1.82, 2.24) is 10.6 Å². The van der Waals surface area contributed by atoms with Crippen molar-refractivity contribution in [1.29, 1.82) is 5.26 Å². The van der Waals surface area contributed by atoms with E-state index >= 15 is 0 Å². The number of nitrogens with one attached hydrogen (secondary N) is 2. The van der Waals surface area contributed by atoms with Crippen molar-refractivity contribution in [3.05, 3.63) is 29.8 Å². The molecule has 3 N–H and O–H groups in total. The Morgan fingerprint density at radius 2 is 2.00 bits per heavy atom. The molecule has 1 saturated heterocycles. The molecular formula is C19H28N4O2. The molecule has 0 radical (unpaired) electrons. The molecule has 2 unspecified atom stereocenters. The zero-order valence-electron chi connectivity index (χ0n) is 15.0. The number of hydrogen-bond donors (Lipinski definition) is 3. The fourth-order valence-corrected chi connectivity index (χ4v) is 2.94. The normalized spacial score (nSPS) is 17.4. The van der Waals surface area contributed by atoms with Gasteiger partial charge in [0.05, 0.1) is 17.7 Å². The third kappa shape index (κ3) is 5.64. The third-order valence-corrected chi connectivity index (χ3v) is 4.96. The summed E-state index contributed by atoms with van der Waals surface area (Å²) in [6.45, 7) is 6.02. The van der Waals surface area contributed by atoms with Crippen LogP contribution in [-0.4, -0.2) is 42.9 Å². The van der Waals surface area contributed by atoms with Crippen LogP contribution in [0.25, 0.3) is 0 Å². The van der Waals surface area contributed by atoms with Gasteiger partial charge in [-0.1, -0.05) is 20.3 Å². The monoisotopic (exact) mass is 344 g/mol. The number of piperidine rings is 1. The average Bonchev–Trinajstić information content (AvgIpc) is 2.66. The predicted octanol–water partition coefficient (Wildman–Crippen LogP) is 2.23. The first-order valence-electron chi connectivity index (χ1n) is 9.01. The second kappa shape index (κ2) is 9.28. The molecule has 1 aliphatic rings. The van der Waals surface area contributed by atoms with Crippen LogP contribution in [0.1, 0.15) is 38.7 Å². The highest BCUT2D eigenvalue weighted by molar-refractivity contribution is 5.74. The van der Waals surface area contributed by atoms with Gasteiger partial charge in [-0.25, -0.2) is 4.79 Å². The lowest BCUT2D eigenvalue weighted by atomic mass is 10.0. The molecule has 0 aromatic heterocycles. The highest BCUT2D eigenvalue weighted by Gasteiger charge is 2.21. The largest absolute Gasteiger partial charge is 0.391 e. The number of anilines is 1. The lowest BCUT2D eigenvalue weighted by molar-refractivity contribution is 0.114. The minimum atomic E-state index is -0.506. The van der Waals surface area contributed by atoms with Crippen molar-refractivity contribution in [3.8, 4) is 6.07 Å². The van der Waals surface area contributed by atoms with E-state index < -0.39 is 6.10 Å². The molecule has 1 aromatic rings. The molecule has 0 bridgehead atoms. The van der Waals surface area contributed by atoms with Gasteiger partial charge in [0.1, 0.15) is 0 Å². The Balaban J connectivity index is 1.72. The number of carbonyl (C=O) groups excluding carboxylic acids is 1. The van der Waals surface area contributed by atoms with Gasteiger partial charge in [-0.2, -0.15) is 5.26 Å². The summed E-state index contributed by atoms with van der Waals surface area (Å²) in [4.78, 5) is 14.2. The van der Waals surface area contributed by atoms with E-state index in [0.717, 1.165) is 38.0 Å². The lowest BCUT2D eigenvalue weighted by Gasteiger charge is -2.34. The number of urea groups is 1. The Morgan fingerprint density at radius 3 is 2.56 bits per heavy atom. The van der Waals surface area contributed by atoms with E-state index in [4.69, 9.17) is 5.26 Å². The molecule has 1 aliphatic heterocycles. The van der Waals surface area contributed by atoms with Gasteiger partial charge in [0.15, 0.2) is 0 Å². The Labute approximate surface area is 149 Å². The molecule has 0 saturated carbocycles. The first-order chi connectivity index (χ1) is 12.0. The first kappa shape index (κ1) is 19.1. The smallest absolute Gasteiger partial charge is 0.315 e. The van der Waals surface area contributed by atoms with Crippen molar-refractivity contribution in [3.63, 3.8) is 0 Å². The van der Waals surface area contributed by atoms with Crippen molar-refractivity contribution in [2.45, 2.75) is 45.3 Å². The van der Waals surface area contributed by atoms with Crippen molar-refractivity contribution < 1.29 is 9.90 Å². The van der Waals surface area contributed by atoms with E-state index in [-0.39, 0.29) is 24.5 Å². The van der Waals surface area contributed by atoms with Gasteiger partial charge in [-0.3, -0.25) is 0 Å². The molecule has 1 aromatic carbocycles. The molecule has 6 nitrogen and oxygen atoms in total. The molecule has 0 aliphatic carbocycles. The summed E-state index contributed by atoms with van der Waals surface area (Å²) in [6.07, 6.45) is 2.13. The first-order valence-corrected chi connectivity index (χ1v) is 9.01. The minimum absolute atomic E-state index is 0.148. The summed E-state index contributed by atoms with van der Waals surface area (Å²) in [5, 5.41) is 24.5. The van der Waals surface area contributed by atoms with Gasteiger partial charge in [0.25, 0.3) is 0 Å². The molecule has 136 valence electrons. The van der Waals surface area contributed by atoms with Crippen LogP contribution in [0.5, 0.6) is 0 Å². The summed E-state index contributed by atoms with van der Waals surface area (Å²) in [5.41, 5.74) is 1.77. The van der Waals surface area contributed by atoms with Crippen LogP contribution in [0.2, 0.25) is 0 Å². The highest BCUT2D eigenvalue weighted by Crippen LogP contribution is 2.20. The van der Waals surface area contributed by atoms with E-state index in [2.05, 4.69) is 21.6 Å². The van der Waals surface area contributed by atoms with Crippen molar-refractivity contribution in [2.75, 3.05) is 24.5 Å². The lowest BCUT2D eigenvalue weighted by Crippen LogP contribution is -2.49. The summed E-state index contributed by atoms with van der Waals surface area (Å²) >= 11 is 0. The Kier molecular flexibility index (Phi) is 7.08. The molecule has 2 amide bonds. The molecular weight excluding hydrogens is 316 g/mol. The van der Waals surface area contributed by atoms with Crippen LogP contribution in [-0.2, 0) is 0 Å². The average molecular weight is 344 g/mol. The van der Waals surface area contributed by atoms with Crippen molar-refractivity contribution in [2.24, 2.45) is 5.92 Å². The number of amides is 2. The van der Waals surface area contributed by atoms with E-state index in [1.807, 2.05) is 38.1 Å². The number of nitrogens with zero attached hydrogens (tertiary/aromatic N) is 2. The van der Waals surface area contributed by atoms with E-state index in [9.17, 15) is 9.90 Å². The molecule has 2 rings (SSSR count). The van der Waals surface area contributed by atoms with E-state index in [0.29, 0.717) is 5.56 Å². The van der Waals surface area contributed by atoms with E-state index in [1.165, 1.54) is 0 Å². The number of aliphatic hydroxyl groups is 1. The van der Waals surface area contributed by atoms with Gasteiger partial charge in [-0.05, 0) is 43.0 Å². The zero-order valence-corrected chi connectivity index (χ0v) is 15.0. The van der Waals surface area contributed by atoms with Crippen LogP contribution in [0.15, 0.2) is 24.3 Å². The molecule has 0 spiro atoms. The quantitative estimate of drug-likeness (QED) is 0.738. The highest BCUT2D eigenvalue weighted by atomic mass is 16.3. The van der Waals surface area contributed by atoms with Gasteiger partial charge in [-0.15, -0.1) is 0 Å². The summed E-state index contributed by atoms with van der Waals surface area (Å²) in [5.74, 6) is 0.177. The number of nitriles is 1. The maximum atomic E-state index is 12.0. The van der Waals surface area contributed by atoms with E-state index in [1.54, 1.807) is 0 Å². The van der Waals surface area contributed by atoms with Gasteiger partial charge in [0, 0.05) is 31.4 Å². The predicted molar refractivity (Wildman–Crippen MR) is 98.4 cm³/mol. The van der Waals surface area contributed by atoms with Crippen LogP contribution in [0, 0.1) is 17.2 Å². The van der Waals surface area contributed by atoms with Gasteiger partial charge < -0.3 is 20.6 Å². The zero-order chi connectivity index (χ0) is 18.2. The Hall–Kier alpha value is -2.26. The number of benzene rings is 1. The minimum Gasteiger partial charge on any atom is -0.391 e. The Morgan fingerprint density at radius 1 is 1.36 bits per heavy atom. The molecule has 1 heterocycles. The number of hydrogen-bond acceptors (Lipinski definition) is 4. The molecule has 1 fully saturated rings. The number of aliphatic hydroxyl groups excluding tert-OH is 1. The molecule has 25 heavy (non-hydrogen) atoms. The van der Waals surface area contributed by atoms with Crippen LogP contribution in [0.4, 0.5) is 10.5 Å². The second-order valence-electron chi connectivity index (χ2n) is 6.73. The van der Waals surface area contributed by atoms with Gasteiger partial charge in [0.2, 0.25) is 0 Å². The van der Waals surface area contributed by atoms with Crippen LogP contribution < -0.4 is 15.5 Å². The van der Waals surface area contributed by atoms with Crippen LogP contribution >= 0.6 is 0 Å². The number of carbonyl (C=O) groups is 1. The number of rotatable bonds is 6. The second-order valence-corrected chi connectivity index (χ2v) is 6.73. The topological polar surface area (TPSA) is 88.4 Å². The maximum absolute atomic E-state index is 12.0. The maximum Gasteiger partial charge on any atom is 0.315 e. The fourth-order valence-electron chi connectivity index (χ4n) is 2.94. The SMILES string of the molecule is CCC(C)C(O)CNC(=O)NC1CCN(c2ccc(C#N)cc2)CC1. The third-order valence-electron chi connectivity index (χ3n) is 4.96. The van der Waals surface area contributed by atoms with Gasteiger partial charge >= 0.3 is 6.03 Å². The molecule has 6 heteroatoms. The van der Waals surface area contributed by atoms with Crippen LogP contribution in [0.3, 0.4) is 0 Å². The Bertz CT molecular complexity index is 588. The standard InChI is InChI=1S/C19H28N4O2/c1-3-14(2)18(24)13-21-19(25)22-16-8-10-23(11-9-16)17-6-4-15(12-20)5-7-17/h4-7,14,16,18,24H,3,8-11,13H2,1-2H3,(H2,21,22,25). The summed E-state index contributed by atoms with van der Waals surface area (Å²) < 4.78 is 0. The molecule has 2 atom stereocenters.